The molecule has 2 unspecified atom stereocenters. The summed E-state index contributed by atoms with van der Waals surface area (Å²) in [6.07, 6.45) is 4.82. The highest BCUT2D eigenvalue weighted by molar-refractivity contribution is 7.51. The van der Waals surface area contributed by atoms with Gasteiger partial charge in [-0.05, 0) is 89.4 Å². The van der Waals surface area contributed by atoms with Crippen molar-refractivity contribution in [3.63, 3.8) is 0 Å². The molecule has 4 aromatic rings. The second-order valence-electron chi connectivity index (χ2n) is 16.4. The molecule has 1 aromatic heterocycles. The molecule has 3 aromatic carbocycles. The van der Waals surface area contributed by atoms with Crippen LogP contribution in [0.5, 0.6) is 11.5 Å². The largest absolute Gasteiger partial charge is 0.497 e. The van der Waals surface area contributed by atoms with Crippen molar-refractivity contribution >= 4 is 20.1 Å². The lowest BCUT2D eigenvalue weighted by molar-refractivity contribution is -0.203. The summed E-state index contributed by atoms with van der Waals surface area (Å²) in [5.41, 5.74) is 5.15. The fourth-order valence-electron chi connectivity index (χ4n) is 8.09. The van der Waals surface area contributed by atoms with Crippen LogP contribution in [0.25, 0.3) is 0 Å². The van der Waals surface area contributed by atoms with Gasteiger partial charge in [0.2, 0.25) is 0 Å². The molecule has 2 bridgehead atoms. The number of esters is 1. The number of hydrogen-bond donors (Lipinski definition) is 1. The van der Waals surface area contributed by atoms with Crippen LogP contribution in [0.3, 0.4) is 0 Å². The number of nitrogens with zero attached hydrogens (tertiary/aromatic N) is 3. The predicted octanol–water partition coefficient (Wildman–Crippen LogP) is 6.99. The van der Waals surface area contributed by atoms with Gasteiger partial charge in [-0.3, -0.25) is 14.0 Å². The number of methoxy groups -OCH3 is 2. The van der Waals surface area contributed by atoms with Crippen molar-refractivity contribution in [1.29, 1.82) is 0 Å². The molecule has 2 N–H and O–H groups in total. The molecule has 0 aliphatic carbocycles. The van der Waals surface area contributed by atoms with Gasteiger partial charge in [0.25, 0.3) is 0 Å². The lowest BCUT2D eigenvalue weighted by Gasteiger charge is -2.42. The van der Waals surface area contributed by atoms with Gasteiger partial charge in [-0.2, -0.15) is 4.98 Å². The summed E-state index contributed by atoms with van der Waals surface area (Å²) in [5, 5.41) is 0. The van der Waals surface area contributed by atoms with Gasteiger partial charge in [0.1, 0.15) is 60.8 Å². The monoisotopic (exact) mass is 840 g/mol. The van der Waals surface area contributed by atoms with Crippen LogP contribution in [0.4, 0.5) is 5.82 Å². The van der Waals surface area contributed by atoms with Gasteiger partial charge in [0, 0.05) is 30.3 Å². The molecule has 2 saturated heterocycles. The number of carbonyl (C=O) groups excluding carboxylic acids is 1. The number of rotatable bonds is 18. The van der Waals surface area contributed by atoms with E-state index in [1.807, 2.05) is 78.9 Å². The predicted molar refractivity (Wildman–Crippen MR) is 231 cm³/mol. The maximum Gasteiger partial charge on any atom is 0.351 e. The number of benzene rings is 3. The molecular formula is C46H57N4O9P. The van der Waals surface area contributed by atoms with E-state index in [0.717, 1.165) is 16.7 Å². The molecule has 5 atom stereocenters. The summed E-state index contributed by atoms with van der Waals surface area (Å²) in [7, 11) is 1.54. The Bertz CT molecular complexity index is 2140. The third-order valence-electron chi connectivity index (χ3n) is 10.9. The Hall–Kier alpha value is -4.80. The van der Waals surface area contributed by atoms with Crippen LogP contribution in [0, 0.1) is 19.3 Å². The van der Waals surface area contributed by atoms with Gasteiger partial charge >= 0.3 is 11.7 Å². The SMILES string of the molecule is C#CCC(C)(C)OC(=O)CP(OC1[C@@H]2OC[C@]1(COC(c1ccccc1)(c1ccc(OC)cc1)c1ccc(OC)cc1)O[C@H]2n1cc(C)c(N)nc1=O)N(C(C)C)C(C)C. The van der Waals surface area contributed by atoms with Crippen LogP contribution in [-0.2, 0) is 33.9 Å². The number of hydrogen-bond acceptors (Lipinski definition) is 12. The summed E-state index contributed by atoms with van der Waals surface area (Å²) in [5.74, 6) is 3.65. The molecule has 2 aliphatic rings. The summed E-state index contributed by atoms with van der Waals surface area (Å²) >= 11 is 0. The van der Waals surface area contributed by atoms with Gasteiger partial charge in [0.05, 0.1) is 27.4 Å². The van der Waals surface area contributed by atoms with Crippen molar-refractivity contribution in [2.45, 2.75) is 102 Å². The average Bonchev–Trinajstić information content (AvgIpc) is 3.70. The summed E-state index contributed by atoms with van der Waals surface area (Å²) in [4.78, 5) is 31.4. The average molecular weight is 841 g/mol. The van der Waals surface area contributed by atoms with Crippen molar-refractivity contribution in [1.82, 2.24) is 14.2 Å². The molecule has 13 nitrogen and oxygen atoms in total. The first kappa shape index (κ1) is 44.7. The molecule has 0 saturated carbocycles. The lowest BCUT2D eigenvalue weighted by Crippen LogP contribution is -2.49. The molecule has 320 valence electrons. The van der Waals surface area contributed by atoms with Crippen LogP contribution in [0.2, 0.25) is 0 Å². The number of nitrogen functional groups attached to an aromatic ring is 1. The van der Waals surface area contributed by atoms with Crippen LogP contribution < -0.4 is 20.9 Å². The molecule has 2 fully saturated rings. The Labute approximate surface area is 354 Å². The zero-order chi connectivity index (χ0) is 43.4. The van der Waals surface area contributed by atoms with Gasteiger partial charge in [0.15, 0.2) is 6.23 Å². The number of carbonyl (C=O) groups is 1. The van der Waals surface area contributed by atoms with Gasteiger partial charge in [-0.1, -0.05) is 54.6 Å². The molecule has 60 heavy (non-hydrogen) atoms. The Kier molecular flexibility index (Phi) is 13.8. The van der Waals surface area contributed by atoms with Gasteiger partial charge in [-0.15, -0.1) is 12.3 Å². The van der Waals surface area contributed by atoms with E-state index in [0.29, 0.717) is 17.1 Å². The van der Waals surface area contributed by atoms with Crippen LogP contribution in [0.1, 0.15) is 76.4 Å². The van der Waals surface area contributed by atoms with Crippen LogP contribution in [0.15, 0.2) is 89.9 Å². The first-order chi connectivity index (χ1) is 28.6. The fraction of sp³-hybridized carbons (Fsp3) is 0.457. The number of aryl methyl sites for hydroxylation is 1. The van der Waals surface area contributed by atoms with E-state index >= 15 is 0 Å². The van der Waals surface area contributed by atoms with Crippen molar-refractivity contribution in [3.8, 4) is 23.8 Å². The molecular weight excluding hydrogens is 783 g/mol. The van der Waals surface area contributed by atoms with E-state index in [1.54, 1.807) is 41.2 Å². The van der Waals surface area contributed by atoms with E-state index in [2.05, 4.69) is 43.3 Å². The van der Waals surface area contributed by atoms with E-state index in [1.165, 1.54) is 4.57 Å². The molecule has 14 heteroatoms. The first-order valence-corrected chi connectivity index (χ1v) is 21.5. The number of terminal acetylenes is 1. The van der Waals surface area contributed by atoms with Crippen molar-refractivity contribution in [2.75, 3.05) is 39.3 Å². The highest BCUT2D eigenvalue weighted by Crippen LogP contribution is 2.56. The highest BCUT2D eigenvalue weighted by Gasteiger charge is 2.65. The Morgan fingerprint density at radius 1 is 0.983 bits per heavy atom. The molecule has 2 aliphatic heterocycles. The number of anilines is 1. The third-order valence-corrected chi connectivity index (χ3v) is 13.3. The molecule has 0 radical (unpaired) electrons. The number of ether oxygens (including phenoxy) is 6. The second-order valence-corrected chi connectivity index (χ2v) is 18.1. The number of aromatic nitrogens is 2. The van der Waals surface area contributed by atoms with E-state index in [-0.39, 0.29) is 43.7 Å². The number of fused-ring (bicyclic) bond motifs is 2. The maximum absolute atomic E-state index is 13.8. The molecule has 3 heterocycles. The summed E-state index contributed by atoms with van der Waals surface area (Å²) in [6, 6.07) is 25.4. The number of nitrogens with two attached hydrogens (primary N) is 1. The van der Waals surface area contributed by atoms with Crippen molar-refractivity contribution < 1.29 is 37.7 Å². The smallest absolute Gasteiger partial charge is 0.351 e. The highest BCUT2D eigenvalue weighted by atomic mass is 31.2. The van der Waals surface area contributed by atoms with Crippen LogP contribution >= 0.6 is 8.30 Å². The standard InChI is InChI=1S/C46H57N4O9P/c1-11-25-44(7,8)57-38(51)27-60(50(30(2)3)31(4)5)59-40-39-42(49-26-32(6)41(47)48-43(49)52)58-45(40,28-55-39)29-56-46(33-15-13-12-14-16-33,34-17-21-36(53-9)22-18-34)35-19-23-37(54-10)24-20-35/h1,12-24,26,30-31,39-40,42H,25,27-29H2,2-10H3,(H2,47,48,52)/t39-,40?,42+,45+,60?/m0/s1. The first-order valence-electron chi connectivity index (χ1n) is 20.1. The van der Waals surface area contributed by atoms with Crippen molar-refractivity contribution in [2.24, 2.45) is 0 Å². The lowest BCUT2D eigenvalue weighted by atomic mass is 9.79. The molecule has 6 rings (SSSR count). The zero-order valence-electron chi connectivity index (χ0n) is 35.9. The third kappa shape index (κ3) is 9.10. The van der Waals surface area contributed by atoms with E-state index in [4.69, 9.17) is 45.1 Å². The Balaban J connectivity index is 1.49. The van der Waals surface area contributed by atoms with E-state index < -0.39 is 55.2 Å². The second kappa shape index (κ2) is 18.4. The van der Waals surface area contributed by atoms with E-state index in [9.17, 15) is 9.59 Å². The van der Waals surface area contributed by atoms with Gasteiger partial charge < -0.3 is 38.7 Å². The molecule has 0 amide bonds. The Morgan fingerprint density at radius 3 is 2.08 bits per heavy atom. The zero-order valence-corrected chi connectivity index (χ0v) is 36.8. The fourth-order valence-corrected chi connectivity index (χ4v) is 10.3. The summed E-state index contributed by atoms with van der Waals surface area (Å²) in [6.45, 7) is 13.6. The van der Waals surface area contributed by atoms with Crippen molar-refractivity contribution in [3.05, 3.63) is 118 Å². The summed E-state index contributed by atoms with van der Waals surface area (Å²) < 4.78 is 48.9. The van der Waals surface area contributed by atoms with Crippen LogP contribution in [-0.4, -0.2) is 89.3 Å². The minimum atomic E-state index is -1.71. The maximum atomic E-state index is 13.8. The van der Waals surface area contributed by atoms with Gasteiger partial charge in [-0.25, -0.2) is 4.79 Å². The molecule has 0 spiro atoms. The Morgan fingerprint density at radius 2 is 1.55 bits per heavy atom. The minimum absolute atomic E-state index is 0.0195. The minimum Gasteiger partial charge on any atom is -0.497 e. The normalized spacial score (nSPS) is 20.7. The quantitative estimate of drug-likeness (QED) is 0.0477. The topological polar surface area (TPSA) is 146 Å².